The van der Waals surface area contributed by atoms with Gasteiger partial charge in [0.2, 0.25) is 0 Å². The average Bonchev–Trinajstić information content (AvgIpc) is 2.62. The molecule has 23 heavy (non-hydrogen) atoms. The second kappa shape index (κ2) is 7.55. The van der Waals surface area contributed by atoms with Crippen molar-refractivity contribution in [2.24, 2.45) is 0 Å². The van der Waals surface area contributed by atoms with Gasteiger partial charge in [0.25, 0.3) is 0 Å². The summed E-state index contributed by atoms with van der Waals surface area (Å²) in [5.41, 5.74) is 2.52. The van der Waals surface area contributed by atoms with Crippen LogP contribution in [0, 0.1) is 0 Å². The molecule has 0 bridgehead atoms. The number of hydrogen-bond acceptors (Lipinski definition) is 3. The monoisotopic (exact) mass is 327 g/mol. The third kappa shape index (κ3) is 3.34. The van der Waals surface area contributed by atoms with E-state index in [1.165, 1.54) is 11.1 Å². The van der Waals surface area contributed by atoms with Gasteiger partial charge in [0.1, 0.15) is 0 Å². The van der Waals surface area contributed by atoms with Gasteiger partial charge in [-0.1, -0.05) is 83.0 Å². The molecule has 3 rings (SSSR count). The summed E-state index contributed by atoms with van der Waals surface area (Å²) in [5.74, 6) is 0. The van der Waals surface area contributed by atoms with Gasteiger partial charge < -0.3 is 4.89 Å². The summed E-state index contributed by atoms with van der Waals surface area (Å²) < 4.78 is 4.29. The van der Waals surface area contributed by atoms with Gasteiger partial charge in [-0.05, 0) is 30.6 Å². The molecule has 0 saturated carbocycles. The smallest absolute Gasteiger partial charge is 0.0403 e. The predicted octanol–water partition coefficient (Wildman–Crippen LogP) is 4.10. The Morgan fingerprint density at radius 2 is 1.22 bits per heavy atom. The molecular weight excluding hydrogens is 303 g/mol. The number of hydrogen-bond donors (Lipinski definition) is 0. The van der Waals surface area contributed by atoms with Gasteiger partial charge in [-0.3, -0.25) is 9.34 Å². The van der Waals surface area contributed by atoms with Crippen LogP contribution in [0.3, 0.4) is 0 Å². The molecule has 0 amide bonds. The Morgan fingerprint density at radius 3 is 1.57 bits per heavy atom. The molecular formula is C19H24N2OP-. The van der Waals surface area contributed by atoms with Crippen molar-refractivity contribution in [3.8, 4) is 0 Å². The molecule has 3 nitrogen and oxygen atoms in total. The summed E-state index contributed by atoms with van der Waals surface area (Å²) in [5, 5.41) is 0. The van der Waals surface area contributed by atoms with Crippen LogP contribution in [-0.4, -0.2) is 22.4 Å². The molecule has 2 unspecified atom stereocenters. The number of nitrogens with zero attached hydrogens (tertiary/aromatic N) is 2. The van der Waals surface area contributed by atoms with Crippen LogP contribution < -0.4 is 4.89 Å². The van der Waals surface area contributed by atoms with Crippen molar-refractivity contribution in [1.82, 2.24) is 9.34 Å². The van der Waals surface area contributed by atoms with Crippen molar-refractivity contribution in [3.63, 3.8) is 0 Å². The van der Waals surface area contributed by atoms with Crippen LogP contribution in [0.4, 0.5) is 0 Å². The van der Waals surface area contributed by atoms with Crippen molar-refractivity contribution >= 4 is 8.45 Å². The quantitative estimate of drug-likeness (QED) is 0.792. The second-order valence-electron chi connectivity index (χ2n) is 5.85. The van der Waals surface area contributed by atoms with E-state index in [1.807, 2.05) is 12.1 Å². The van der Waals surface area contributed by atoms with Gasteiger partial charge in [0.05, 0.1) is 0 Å². The molecule has 1 fully saturated rings. The first-order chi connectivity index (χ1) is 11.3. The van der Waals surface area contributed by atoms with Gasteiger partial charge in [-0.15, -0.1) is 0 Å². The molecule has 122 valence electrons. The molecule has 0 aliphatic carbocycles. The zero-order chi connectivity index (χ0) is 16.2. The van der Waals surface area contributed by atoms with Crippen LogP contribution in [0.15, 0.2) is 60.7 Å². The highest BCUT2D eigenvalue weighted by atomic mass is 31.2. The minimum Gasteiger partial charge on any atom is -0.806 e. The largest absolute Gasteiger partial charge is 0.806 e. The molecule has 4 heteroatoms. The lowest BCUT2D eigenvalue weighted by Gasteiger charge is -2.55. The SMILES string of the molecule is CCN1C(c2ccccc2)CC(c2ccccc2)N(CC)P1[O-]. The van der Waals surface area contributed by atoms with E-state index >= 15 is 0 Å². The van der Waals surface area contributed by atoms with E-state index in [0.29, 0.717) is 0 Å². The lowest BCUT2D eigenvalue weighted by atomic mass is 9.94. The lowest BCUT2D eigenvalue weighted by molar-refractivity contribution is -0.191. The maximum atomic E-state index is 13.2. The molecule has 1 saturated heterocycles. The zero-order valence-electron chi connectivity index (χ0n) is 13.8. The van der Waals surface area contributed by atoms with Crippen molar-refractivity contribution < 1.29 is 4.89 Å². The highest BCUT2D eigenvalue weighted by Gasteiger charge is 2.36. The summed E-state index contributed by atoms with van der Waals surface area (Å²) in [6.45, 7) is 5.79. The Bertz CT molecular complexity index is 554. The van der Waals surface area contributed by atoms with E-state index in [-0.39, 0.29) is 12.1 Å². The van der Waals surface area contributed by atoms with E-state index in [4.69, 9.17) is 0 Å². The highest BCUT2D eigenvalue weighted by molar-refractivity contribution is 7.44. The van der Waals surface area contributed by atoms with E-state index in [2.05, 4.69) is 71.7 Å². The maximum Gasteiger partial charge on any atom is 0.0403 e. The van der Waals surface area contributed by atoms with Crippen molar-refractivity contribution in [2.75, 3.05) is 13.1 Å². The molecule has 0 N–H and O–H groups in total. The van der Waals surface area contributed by atoms with E-state index in [1.54, 1.807) is 0 Å². The third-order valence-electron chi connectivity index (χ3n) is 4.62. The number of benzene rings is 2. The topological polar surface area (TPSA) is 29.5 Å². The Balaban J connectivity index is 1.97. The van der Waals surface area contributed by atoms with Gasteiger partial charge in [-0.2, -0.15) is 0 Å². The van der Waals surface area contributed by atoms with Crippen LogP contribution in [0.25, 0.3) is 0 Å². The first kappa shape index (κ1) is 16.6. The summed E-state index contributed by atoms with van der Waals surface area (Å²) >= 11 is 0. The average molecular weight is 327 g/mol. The van der Waals surface area contributed by atoms with Gasteiger partial charge in [0, 0.05) is 12.1 Å². The fourth-order valence-corrected chi connectivity index (χ4v) is 5.20. The fourth-order valence-electron chi connectivity index (χ4n) is 3.49. The molecule has 2 aromatic rings. The van der Waals surface area contributed by atoms with Crippen molar-refractivity contribution in [2.45, 2.75) is 32.4 Å². The Kier molecular flexibility index (Phi) is 5.45. The summed E-state index contributed by atoms with van der Waals surface area (Å²) in [6, 6.07) is 21.4. The molecule has 2 aromatic carbocycles. The first-order valence-corrected chi connectivity index (χ1v) is 9.53. The minimum atomic E-state index is -1.53. The molecule has 2 atom stereocenters. The first-order valence-electron chi connectivity index (χ1n) is 8.36. The molecule has 1 aliphatic heterocycles. The summed E-state index contributed by atoms with van der Waals surface area (Å²) in [4.78, 5) is 13.2. The van der Waals surface area contributed by atoms with Gasteiger partial charge in [-0.25, -0.2) is 0 Å². The van der Waals surface area contributed by atoms with Gasteiger partial charge in [0.15, 0.2) is 0 Å². The van der Waals surface area contributed by atoms with Crippen LogP contribution in [0.2, 0.25) is 0 Å². The second-order valence-corrected chi connectivity index (χ2v) is 7.39. The van der Waals surface area contributed by atoms with Crippen molar-refractivity contribution in [1.29, 1.82) is 0 Å². The van der Waals surface area contributed by atoms with Crippen molar-refractivity contribution in [3.05, 3.63) is 71.8 Å². The van der Waals surface area contributed by atoms with E-state index < -0.39 is 8.45 Å². The fraction of sp³-hybridized carbons (Fsp3) is 0.368. The molecule has 0 spiro atoms. The van der Waals surface area contributed by atoms with Gasteiger partial charge >= 0.3 is 0 Å². The maximum absolute atomic E-state index is 13.2. The standard InChI is InChI=1S/C19H24N2OP/c1-3-20-18(16-11-7-5-8-12-16)15-19(21(4-2)23(20)22)17-13-9-6-10-14-17/h5-14,18-19H,3-4,15H2,1-2H3/q-1. The molecule has 1 aliphatic rings. The number of rotatable bonds is 4. The lowest BCUT2D eigenvalue weighted by Crippen LogP contribution is -2.44. The van der Waals surface area contributed by atoms with Crippen LogP contribution in [-0.2, 0) is 0 Å². The molecule has 1 heterocycles. The Morgan fingerprint density at radius 1 is 0.826 bits per heavy atom. The Hall–Kier alpha value is -1.25. The molecule has 0 aromatic heterocycles. The van der Waals surface area contributed by atoms with E-state index in [9.17, 15) is 4.89 Å². The predicted molar refractivity (Wildman–Crippen MR) is 94.7 cm³/mol. The summed E-state index contributed by atoms with van der Waals surface area (Å²) in [6.07, 6.45) is 0.969. The Labute approximate surface area is 140 Å². The summed E-state index contributed by atoms with van der Waals surface area (Å²) in [7, 11) is -1.53. The van der Waals surface area contributed by atoms with Crippen LogP contribution in [0.1, 0.15) is 43.5 Å². The molecule has 0 radical (unpaired) electrons. The normalized spacial score (nSPS) is 26.3. The third-order valence-corrected chi connectivity index (χ3v) is 6.62. The van der Waals surface area contributed by atoms with Crippen LogP contribution in [0.5, 0.6) is 0 Å². The zero-order valence-corrected chi connectivity index (χ0v) is 14.7. The van der Waals surface area contributed by atoms with E-state index in [0.717, 1.165) is 19.5 Å². The minimum absolute atomic E-state index is 0.206. The van der Waals surface area contributed by atoms with Crippen LogP contribution >= 0.6 is 8.45 Å². The highest BCUT2D eigenvalue weighted by Crippen LogP contribution is 2.54.